The van der Waals surface area contributed by atoms with Gasteiger partial charge in [-0.25, -0.2) is 0 Å². The Bertz CT molecular complexity index is 3850. The lowest BCUT2D eigenvalue weighted by Gasteiger charge is -2.29. The van der Waals surface area contributed by atoms with Crippen LogP contribution in [0.4, 0.5) is 0 Å². The smallest absolute Gasteiger partial charge is 0.315 e. The Morgan fingerprint density at radius 3 is 0.440 bits per heavy atom. The van der Waals surface area contributed by atoms with E-state index in [4.69, 9.17) is 0 Å². The predicted molar refractivity (Wildman–Crippen MR) is 452 cm³/mol. The summed E-state index contributed by atoms with van der Waals surface area (Å²) in [6.45, 7) is 64.7. The summed E-state index contributed by atoms with van der Waals surface area (Å²) < 4.78 is 0. The van der Waals surface area contributed by atoms with Crippen molar-refractivity contribution in [2.24, 2.45) is 0 Å². The van der Waals surface area contributed by atoms with Crippen LogP contribution >= 0.6 is 0 Å². The normalized spacial score (nSPS) is 13.1. The minimum atomic E-state index is -0.950. The van der Waals surface area contributed by atoms with Crippen LogP contribution in [0.2, 0.25) is 0 Å². The minimum absolute atomic E-state index is 0. The quantitative estimate of drug-likeness (QED) is 0.0452. The third kappa shape index (κ3) is 22.9. The highest BCUT2D eigenvalue weighted by atomic mass is 16.4. The number of hydrogen-bond donors (Lipinski definition) is 8. The van der Waals surface area contributed by atoms with Crippen LogP contribution in [0, 0.1) is 0 Å². The van der Waals surface area contributed by atoms with Crippen molar-refractivity contribution in [3.05, 3.63) is 285 Å². The molecule has 8 aromatic rings. The van der Waals surface area contributed by atoms with E-state index in [-0.39, 0.29) is 73.7 Å². The fraction of sp³-hybridized carbons (Fsp3) is 0.381. The highest BCUT2D eigenvalue weighted by Gasteiger charge is 2.37. The number of carboxylic acids is 4. The molecule has 12 heteroatoms. The number of phenols is 4. The molecule has 8 rings (SSSR count). The van der Waals surface area contributed by atoms with Crippen molar-refractivity contribution in [2.45, 2.75) is 241 Å². The second-order valence-electron chi connectivity index (χ2n) is 36.5. The number of hydrogen-bond acceptors (Lipinski definition) is 8. The molecule has 0 amide bonds. The average molecular weight is 1480 g/mol. The van der Waals surface area contributed by atoms with Crippen LogP contribution in [-0.2, 0) is 62.5 Å². The highest BCUT2D eigenvalue weighted by molar-refractivity contribution is 5.95. The first-order chi connectivity index (χ1) is 49.3. The Morgan fingerprint density at radius 1 is 0.239 bits per heavy atom. The fourth-order valence-corrected chi connectivity index (χ4v) is 13.1. The molecular formula is C97H124O12. The van der Waals surface area contributed by atoms with E-state index in [1.807, 2.05) is 336 Å². The summed E-state index contributed by atoms with van der Waals surface area (Å²) in [6, 6.07) is 52.0. The number of carbonyl (C=O) groups is 4. The molecule has 0 saturated carbocycles. The van der Waals surface area contributed by atoms with Gasteiger partial charge in [-0.2, -0.15) is 0 Å². The largest absolute Gasteiger partial charge is 0.507 e. The predicted octanol–water partition coefficient (Wildman–Crippen LogP) is 24.1. The van der Waals surface area contributed by atoms with Gasteiger partial charge in [0, 0.05) is 0 Å². The molecule has 0 aromatic heterocycles. The van der Waals surface area contributed by atoms with Crippen molar-refractivity contribution in [2.75, 3.05) is 0 Å². The fourth-order valence-electron chi connectivity index (χ4n) is 13.1. The van der Waals surface area contributed by atoms with Gasteiger partial charge in [-0.15, -0.1) is 0 Å². The molecule has 0 bridgehead atoms. The van der Waals surface area contributed by atoms with E-state index in [9.17, 15) is 60.0 Å². The van der Waals surface area contributed by atoms with Crippen LogP contribution in [0.1, 0.15) is 286 Å². The van der Waals surface area contributed by atoms with Crippen molar-refractivity contribution in [1.29, 1.82) is 0 Å². The minimum Gasteiger partial charge on any atom is -0.507 e. The maximum Gasteiger partial charge on any atom is 0.315 e. The Labute approximate surface area is 651 Å². The van der Waals surface area contributed by atoms with Crippen LogP contribution < -0.4 is 0 Å². The molecule has 0 aliphatic heterocycles. The first kappa shape index (κ1) is 91.2. The van der Waals surface area contributed by atoms with Gasteiger partial charge in [0.1, 0.15) is 46.7 Å². The van der Waals surface area contributed by atoms with Crippen LogP contribution in [-0.4, -0.2) is 64.7 Å². The number of aromatic hydroxyl groups is 4. The van der Waals surface area contributed by atoms with E-state index in [2.05, 4.69) is 26.3 Å². The summed E-state index contributed by atoms with van der Waals surface area (Å²) in [5.74, 6) is -6.34. The first-order valence-electron chi connectivity index (χ1n) is 36.7. The second kappa shape index (κ2) is 35.0. The lowest BCUT2D eigenvalue weighted by Crippen LogP contribution is -2.20. The van der Waals surface area contributed by atoms with Crippen molar-refractivity contribution >= 4 is 46.2 Å². The van der Waals surface area contributed by atoms with Gasteiger partial charge >= 0.3 is 23.9 Å². The van der Waals surface area contributed by atoms with Gasteiger partial charge < -0.3 is 40.9 Å². The van der Waals surface area contributed by atoms with Gasteiger partial charge in [0.05, 0.1) is 0 Å². The molecule has 0 heterocycles. The molecule has 0 aliphatic rings. The van der Waals surface area contributed by atoms with E-state index in [0.29, 0.717) is 44.5 Å². The van der Waals surface area contributed by atoms with Gasteiger partial charge in [0.15, 0.2) is 0 Å². The van der Waals surface area contributed by atoms with E-state index in [1.54, 1.807) is 0 Å². The van der Waals surface area contributed by atoms with Crippen LogP contribution in [0.15, 0.2) is 196 Å². The van der Waals surface area contributed by atoms with E-state index in [1.165, 1.54) is 0 Å². The second-order valence-corrected chi connectivity index (χ2v) is 36.5. The van der Waals surface area contributed by atoms with Gasteiger partial charge in [-0.05, 0) is 155 Å². The average Bonchev–Trinajstić information content (AvgIpc) is 0.784. The number of aliphatic carboxylic acids is 4. The van der Waals surface area contributed by atoms with Crippen molar-refractivity contribution in [1.82, 2.24) is 0 Å². The molecule has 4 atom stereocenters. The summed E-state index contributed by atoms with van der Waals surface area (Å²) in [7, 11) is 0. The van der Waals surface area contributed by atoms with Crippen LogP contribution in [0.3, 0.4) is 0 Å². The topological polar surface area (TPSA) is 230 Å². The van der Waals surface area contributed by atoms with Crippen molar-refractivity contribution in [3.8, 4) is 23.0 Å². The molecule has 0 spiro atoms. The number of benzene rings is 8. The summed E-state index contributed by atoms with van der Waals surface area (Å²) in [5, 5.41) is 83.5. The van der Waals surface area contributed by atoms with Gasteiger partial charge in [-0.3, -0.25) is 19.2 Å². The highest BCUT2D eigenvalue weighted by Crippen LogP contribution is 2.49. The Balaban J connectivity index is 0.000000306. The van der Waals surface area contributed by atoms with Crippen LogP contribution in [0.5, 0.6) is 23.0 Å². The van der Waals surface area contributed by atoms with Crippen LogP contribution in [0.25, 0.3) is 22.3 Å². The molecule has 8 aromatic carbocycles. The first-order valence-corrected chi connectivity index (χ1v) is 36.7. The number of rotatable bonds is 16. The standard InChI is InChI=1S/4C24H30O3.CH4/c4*1-15(16-11-9-8-10-12-16)20(22(26)27)17-13-18(23(2,3)4)21(25)19(14-17)24(5,6)7;/h4*8-14,20,25H,1H2,2-7H3,(H,26,27);1H4. The Kier molecular flexibility index (Phi) is 29.3. The maximum absolute atomic E-state index is 12.2. The lowest BCUT2D eigenvalue weighted by atomic mass is 9.76. The van der Waals surface area contributed by atoms with E-state index >= 15 is 0 Å². The Hall–Kier alpha value is -10.2. The number of carboxylic acid groups (broad SMARTS) is 4. The molecule has 4 unspecified atom stereocenters. The number of phenolic OH excluding ortho intramolecular Hbond substituents is 4. The molecule has 0 radical (unpaired) electrons. The van der Waals surface area contributed by atoms with E-state index < -0.39 is 47.5 Å². The maximum atomic E-state index is 12.2. The zero-order chi connectivity index (χ0) is 82.3. The third-order valence-electron chi connectivity index (χ3n) is 19.3. The summed E-state index contributed by atoms with van der Waals surface area (Å²) in [5.41, 5.74) is 11.3. The van der Waals surface area contributed by atoms with E-state index in [0.717, 1.165) is 66.8 Å². The summed E-state index contributed by atoms with van der Waals surface area (Å²) in [6.07, 6.45) is 0. The van der Waals surface area contributed by atoms with Crippen molar-refractivity contribution in [3.63, 3.8) is 0 Å². The molecule has 8 N–H and O–H groups in total. The lowest BCUT2D eigenvalue weighted by molar-refractivity contribution is -0.138. The van der Waals surface area contributed by atoms with Gasteiger partial charge in [0.25, 0.3) is 0 Å². The van der Waals surface area contributed by atoms with Gasteiger partial charge in [0.2, 0.25) is 0 Å². The summed E-state index contributed by atoms with van der Waals surface area (Å²) in [4.78, 5) is 48.8. The molecule has 0 saturated heterocycles. The van der Waals surface area contributed by atoms with Crippen molar-refractivity contribution < 1.29 is 60.0 Å². The van der Waals surface area contributed by atoms with Gasteiger partial charge in [-0.1, -0.05) is 370 Å². The summed E-state index contributed by atoms with van der Waals surface area (Å²) >= 11 is 0. The monoisotopic (exact) mass is 1480 g/mol. The Morgan fingerprint density at radius 2 is 0.349 bits per heavy atom. The third-order valence-corrected chi connectivity index (χ3v) is 19.3. The molecule has 109 heavy (non-hydrogen) atoms. The molecule has 12 nitrogen and oxygen atoms in total. The zero-order valence-electron chi connectivity index (χ0n) is 68.5. The molecule has 584 valence electrons. The molecule has 0 fully saturated rings. The molecular weight excluding hydrogens is 1360 g/mol. The molecule has 0 aliphatic carbocycles. The zero-order valence-corrected chi connectivity index (χ0v) is 68.5. The SMILES string of the molecule is C.C=C(c1ccccc1)C(C(=O)O)c1cc(C(C)(C)C)c(O)c(C(C)(C)C)c1.C=C(c1ccccc1)C(C(=O)O)c1cc(C(C)(C)C)c(O)c(C(C)(C)C)c1.C=C(c1ccccc1)C(C(=O)O)c1cc(C(C)(C)C)c(O)c(C(C)(C)C)c1.C=C(c1ccccc1)C(C(=O)O)c1cc(C(C)(C)C)c(O)c(C(C)(C)C)c1.